The van der Waals surface area contributed by atoms with Gasteiger partial charge in [0.15, 0.2) is 0 Å². The Morgan fingerprint density at radius 1 is 1.21 bits per heavy atom. The number of anilines is 2. The predicted octanol–water partition coefficient (Wildman–Crippen LogP) is 2.48. The summed E-state index contributed by atoms with van der Waals surface area (Å²) in [6, 6.07) is 6.58. The molecule has 0 spiro atoms. The smallest absolute Gasteiger partial charge is 0.258 e. The lowest BCUT2D eigenvalue weighted by molar-refractivity contribution is 0.0935. The number of methoxy groups -OCH3 is 1. The van der Waals surface area contributed by atoms with E-state index < -0.39 is 0 Å². The first-order valence-corrected chi connectivity index (χ1v) is 9.49. The number of benzene rings is 1. The van der Waals surface area contributed by atoms with Crippen LogP contribution in [0.15, 0.2) is 30.5 Å². The summed E-state index contributed by atoms with van der Waals surface area (Å²) in [4.78, 5) is 25.5. The number of carbonyl (C=O) groups excluding carboxylic acids is 1. The highest BCUT2D eigenvalue weighted by molar-refractivity contribution is 5.96. The monoisotopic (exact) mass is 387 g/mol. The highest BCUT2D eigenvalue weighted by Gasteiger charge is 2.22. The molecule has 2 aromatic rings. The number of nitrogens with one attached hydrogen (secondary N) is 1. The van der Waals surface area contributed by atoms with Gasteiger partial charge in [-0.25, -0.2) is 9.37 Å². The molecule has 1 amide bonds. The van der Waals surface area contributed by atoms with Gasteiger partial charge in [-0.1, -0.05) is 6.92 Å². The first-order valence-electron chi connectivity index (χ1n) is 9.49. The van der Waals surface area contributed by atoms with Crippen LogP contribution in [0.1, 0.15) is 30.6 Å². The van der Waals surface area contributed by atoms with Gasteiger partial charge in [0.05, 0.1) is 7.11 Å². The van der Waals surface area contributed by atoms with Crippen molar-refractivity contribution in [3.05, 3.63) is 41.8 Å². The van der Waals surface area contributed by atoms with E-state index in [1.807, 2.05) is 13.8 Å². The number of halogens is 1. The largest absolute Gasteiger partial charge is 0.480 e. The van der Waals surface area contributed by atoms with E-state index in [1.54, 1.807) is 12.1 Å². The molecule has 28 heavy (non-hydrogen) atoms. The van der Waals surface area contributed by atoms with Crippen LogP contribution in [-0.2, 0) is 0 Å². The maximum atomic E-state index is 13.1. The number of carbonyl (C=O) groups is 1. The standard InChI is InChI=1S/C20H26FN5O2/c1-4-14(2)23-18(27)17-13-22-20(24-19(17)28-3)26-11-9-25(10-12-26)16-7-5-15(21)6-8-16/h5-8,13-14H,4,9-12H2,1-3H3,(H,23,27). The Hall–Kier alpha value is -2.90. The van der Waals surface area contributed by atoms with Crippen molar-refractivity contribution >= 4 is 17.5 Å². The van der Waals surface area contributed by atoms with Gasteiger partial charge in [0.1, 0.15) is 11.4 Å². The molecule has 1 unspecified atom stereocenters. The first kappa shape index (κ1) is 19.9. The van der Waals surface area contributed by atoms with E-state index in [4.69, 9.17) is 4.74 Å². The molecule has 1 fully saturated rings. The number of hydrogen-bond donors (Lipinski definition) is 1. The van der Waals surface area contributed by atoms with Crippen molar-refractivity contribution in [2.75, 3.05) is 43.1 Å². The summed E-state index contributed by atoms with van der Waals surface area (Å²) in [5.41, 5.74) is 1.33. The van der Waals surface area contributed by atoms with Gasteiger partial charge in [-0.05, 0) is 37.6 Å². The van der Waals surface area contributed by atoms with Crippen LogP contribution in [0, 0.1) is 5.82 Å². The first-order chi connectivity index (χ1) is 13.5. The van der Waals surface area contributed by atoms with E-state index in [0.29, 0.717) is 11.5 Å². The van der Waals surface area contributed by atoms with Crippen LogP contribution in [-0.4, -0.2) is 55.2 Å². The Balaban J connectivity index is 1.67. The van der Waals surface area contributed by atoms with Gasteiger partial charge in [-0.15, -0.1) is 0 Å². The van der Waals surface area contributed by atoms with Crippen molar-refractivity contribution in [2.24, 2.45) is 0 Å². The molecule has 1 aliphatic rings. The van der Waals surface area contributed by atoms with Crippen LogP contribution in [0.3, 0.4) is 0 Å². The predicted molar refractivity (Wildman–Crippen MR) is 107 cm³/mol. The molecule has 3 rings (SSSR count). The van der Waals surface area contributed by atoms with Crippen molar-refractivity contribution < 1.29 is 13.9 Å². The number of aromatic nitrogens is 2. The summed E-state index contributed by atoms with van der Waals surface area (Å²) in [5.74, 6) is 0.335. The van der Waals surface area contributed by atoms with Gasteiger partial charge < -0.3 is 19.9 Å². The Kier molecular flexibility index (Phi) is 6.28. The molecule has 1 saturated heterocycles. The minimum Gasteiger partial charge on any atom is -0.480 e. The minimum atomic E-state index is -0.237. The van der Waals surface area contributed by atoms with E-state index >= 15 is 0 Å². The zero-order chi connectivity index (χ0) is 20.1. The van der Waals surface area contributed by atoms with Gasteiger partial charge >= 0.3 is 0 Å². The number of amides is 1. The molecule has 7 nitrogen and oxygen atoms in total. The van der Waals surface area contributed by atoms with E-state index in [1.165, 1.54) is 25.4 Å². The van der Waals surface area contributed by atoms with Gasteiger partial charge in [-0.3, -0.25) is 4.79 Å². The van der Waals surface area contributed by atoms with Crippen molar-refractivity contribution in [3.63, 3.8) is 0 Å². The van der Waals surface area contributed by atoms with Crippen LogP contribution in [0.2, 0.25) is 0 Å². The second-order valence-corrected chi connectivity index (χ2v) is 6.83. The molecule has 8 heteroatoms. The lowest BCUT2D eigenvalue weighted by Gasteiger charge is -2.36. The Morgan fingerprint density at radius 2 is 1.86 bits per heavy atom. The summed E-state index contributed by atoms with van der Waals surface area (Å²) in [6.45, 7) is 6.94. The lowest BCUT2D eigenvalue weighted by atomic mass is 10.2. The van der Waals surface area contributed by atoms with E-state index in [2.05, 4.69) is 25.1 Å². The number of ether oxygens (including phenoxy) is 1. The molecule has 1 aromatic heterocycles. The normalized spacial score (nSPS) is 15.3. The van der Waals surface area contributed by atoms with E-state index in [0.717, 1.165) is 38.3 Å². The summed E-state index contributed by atoms with van der Waals surface area (Å²) < 4.78 is 18.4. The highest BCUT2D eigenvalue weighted by atomic mass is 19.1. The summed E-state index contributed by atoms with van der Waals surface area (Å²) in [5, 5.41) is 2.90. The minimum absolute atomic E-state index is 0.0661. The summed E-state index contributed by atoms with van der Waals surface area (Å²) in [6.07, 6.45) is 2.36. The van der Waals surface area contributed by atoms with Gasteiger partial charge in [-0.2, -0.15) is 4.98 Å². The summed E-state index contributed by atoms with van der Waals surface area (Å²) in [7, 11) is 1.50. The number of rotatable bonds is 6. The van der Waals surface area contributed by atoms with Gasteiger partial charge in [0, 0.05) is 44.1 Å². The quantitative estimate of drug-likeness (QED) is 0.821. The second-order valence-electron chi connectivity index (χ2n) is 6.83. The fourth-order valence-corrected chi connectivity index (χ4v) is 3.04. The molecule has 0 radical (unpaired) electrons. The fraction of sp³-hybridized carbons (Fsp3) is 0.450. The topological polar surface area (TPSA) is 70.6 Å². The SMILES string of the molecule is CCC(C)NC(=O)c1cnc(N2CCN(c3ccc(F)cc3)CC2)nc1OC. The molecule has 1 atom stereocenters. The van der Waals surface area contributed by atoms with Crippen molar-refractivity contribution in [1.29, 1.82) is 0 Å². The van der Waals surface area contributed by atoms with Crippen LogP contribution in [0.4, 0.5) is 16.0 Å². The zero-order valence-electron chi connectivity index (χ0n) is 16.5. The van der Waals surface area contributed by atoms with Crippen molar-refractivity contribution in [3.8, 4) is 5.88 Å². The lowest BCUT2D eigenvalue weighted by Crippen LogP contribution is -2.47. The number of hydrogen-bond acceptors (Lipinski definition) is 6. The maximum Gasteiger partial charge on any atom is 0.258 e. The van der Waals surface area contributed by atoms with Crippen LogP contribution >= 0.6 is 0 Å². The summed E-state index contributed by atoms with van der Waals surface area (Å²) >= 11 is 0. The number of piperazine rings is 1. The third kappa shape index (κ3) is 4.49. The average Bonchev–Trinajstić information content (AvgIpc) is 2.73. The van der Waals surface area contributed by atoms with E-state index in [-0.39, 0.29) is 23.6 Å². The average molecular weight is 387 g/mol. The molecular weight excluding hydrogens is 361 g/mol. The molecule has 2 heterocycles. The van der Waals surface area contributed by atoms with E-state index in [9.17, 15) is 9.18 Å². The molecule has 1 aromatic carbocycles. The van der Waals surface area contributed by atoms with Crippen molar-refractivity contribution in [2.45, 2.75) is 26.3 Å². The third-order valence-corrected chi connectivity index (χ3v) is 4.92. The van der Waals surface area contributed by atoms with Crippen LogP contribution in [0.25, 0.3) is 0 Å². The second kappa shape index (κ2) is 8.86. The zero-order valence-corrected chi connectivity index (χ0v) is 16.5. The fourth-order valence-electron chi connectivity index (χ4n) is 3.04. The molecule has 150 valence electrons. The molecule has 1 aliphatic heterocycles. The van der Waals surface area contributed by atoms with Gasteiger partial charge in [0.25, 0.3) is 5.91 Å². The third-order valence-electron chi connectivity index (χ3n) is 4.92. The Morgan fingerprint density at radius 3 is 2.46 bits per heavy atom. The molecule has 1 N–H and O–H groups in total. The molecule has 0 saturated carbocycles. The van der Waals surface area contributed by atoms with Gasteiger partial charge in [0.2, 0.25) is 11.8 Å². The Labute approximate surface area is 164 Å². The molecular formula is C20H26FN5O2. The maximum absolute atomic E-state index is 13.1. The Bertz CT molecular complexity index is 807. The highest BCUT2D eigenvalue weighted by Crippen LogP contribution is 2.22. The van der Waals surface area contributed by atoms with Crippen LogP contribution < -0.4 is 19.9 Å². The van der Waals surface area contributed by atoms with Crippen molar-refractivity contribution in [1.82, 2.24) is 15.3 Å². The molecule has 0 aliphatic carbocycles. The van der Waals surface area contributed by atoms with Crippen LogP contribution in [0.5, 0.6) is 5.88 Å². The molecule has 0 bridgehead atoms. The number of nitrogens with zero attached hydrogens (tertiary/aromatic N) is 4.